The number of halogens is 1. The van der Waals surface area contributed by atoms with E-state index >= 15 is 0 Å². The number of nitrogens with zero attached hydrogens (tertiary/aromatic N) is 1. The van der Waals surface area contributed by atoms with Crippen molar-refractivity contribution in [3.05, 3.63) is 0 Å². The zero-order valence-corrected chi connectivity index (χ0v) is 7.84. The van der Waals surface area contributed by atoms with Gasteiger partial charge in [0.15, 0.2) is 0 Å². The van der Waals surface area contributed by atoms with Crippen LogP contribution in [0.25, 0.3) is 0 Å². The van der Waals surface area contributed by atoms with Crippen LogP contribution in [0.3, 0.4) is 0 Å². The molecule has 1 N–H and O–H groups in total. The predicted octanol–water partition coefficient (Wildman–Crippen LogP) is 0.214. The number of methoxy groups -OCH3 is 1. The van der Waals surface area contributed by atoms with E-state index in [4.69, 9.17) is 9.84 Å². The fraction of sp³-hybridized carbons (Fsp3) is 0.857. The van der Waals surface area contributed by atoms with Gasteiger partial charge < -0.3 is 9.84 Å². The van der Waals surface area contributed by atoms with E-state index in [1.54, 1.807) is 7.11 Å². The lowest BCUT2D eigenvalue weighted by Crippen LogP contribution is -2.28. The highest BCUT2D eigenvalue weighted by Gasteiger charge is 2.22. The molecule has 0 bridgehead atoms. The molecule has 1 saturated heterocycles. The van der Waals surface area contributed by atoms with Gasteiger partial charge in [-0.25, -0.2) is 0 Å². The van der Waals surface area contributed by atoms with Crippen LogP contribution in [0.1, 0.15) is 6.42 Å². The number of aliphatic carboxylic acids is 1. The number of hydrogen-bond acceptors (Lipinski definition) is 3. The molecule has 0 spiro atoms. The SMILES string of the molecule is CO[C@H]1CCN(CC(=O)O)C1.Cl. The first kappa shape index (κ1) is 11.7. The highest BCUT2D eigenvalue weighted by molar-refractivity contribution is 5.85. The Morgan fingerprint density at radius 3 is 2.83 bits per heavy atom. The molecule has 0 saturated carbocycles. The van der Waals surface area contributed by atoms with E-state index in [1.807, 2.05) is 4.90 Å². The molecule has 0 amide bonds. The Labute approximate surface area is 77.9 Å². The van der Waals surface area contributed by atoms with Gasteiger partial charge >= 0.3 is 5.97 Å². The lowest BCUT2D eigenvalue weighted by Gasteiger charge is -2.11. The molecule has 0 aromatic heterocycles. The van der Waals surface area contributed by atoms with Crippen LogP contribution in [0.2, 0.25) is 0 Å². The molecular formula is C7H14ClNO3. The summed E-state index contributed by atoms with van der Waals surface area (Å²) in [6.45, 7) is 1.73. The molecule has 1 rings (SSSR count). The number of carboxylic acids is 1. The third kappa shape index (κ3) is 3.38. The van der Waals surface area contributed by atoms with Gasteiger partial charge in [-0.1, -0.05) is 0 Å². The van der Waals surface area contributed by atoms with Gasteiger partial charge in [0.1, 0.15) is 0 Å². The molecule has 12 heavy (non-hydrogen) atoms. The van der Waals surface area contributed by atoms with Crippen LogP contribution in [0.15, 0.2) is 0 Å². The van der Waals surface area contributed by atoms with Crippen molar-refractivity contribution in [2.24, 2.45) is 0 Å². The van der Waals surface area contributed by atoms with Gasteiger partial charge in [-0.3, -0.25) is 9.69 Å². The van der Waals surface area contributed by atoms with E-state index in [2.05, 4.69) is 0 Å². The molecule has 5 heteroatoms. The fourth-order valence-electron chi connectivity index (χ4n) is 1.32. The summed E-state index contributed by atoms with van der Waals surface area (Å²) in [7, 11) is 1.66. The minimum atomic E-state index is -0.762. The normalized spacial score (nSPS) is 23.6. The molecule has 0 aliphatic carbocycles. The maximum absolute atomic E-state index is 10.3. The highest BCUT2D eigenvalue weighted by Crippen LogP contribution is 2.10. The summed E-state index contributed by atoms with van der Waals surface area (Å²) in [6.07, 6.45) is 1.18. The van der Waals surface area contributed by atoms with E-state index in [9.17, 15) is 4.79 Å². The van der Waals surface area contributed by atoms with Crippen molar-refractivity contribution in [3.63, 3.8) is 0 Å². The monoisotopic (exact) mass is 195 g/mol. The van der Waals surface area contributed by atoms with Crippen molar-refractivity contribution < 1.29 is 14.6 Å². The quantitative estimate of drug-likeness (QED) is 0.700. The summed E-state index contributed by atoms with van der Waals surface area (Å²) in [5.74, 6) is -0.762. The van der Waals surface area contributed by atoms with Crippen molar-refractivity contribution in [1.29, 1.82) is 0 Å². The van der Waals surface area contributed by atoms with Gasteiger partial charge in [0.2, 0.25) is 0 Å². The topological polar surface area (TPSA) is 49.8 Å². The van der Waals surface area contributed by atoms with Gasteiger partial charge in [-0.2, -0.15) is 0 Å². The molecule has 0 unspecified atom stereocenters. The average Bonchev–Trinajstić information content (AvgIpc) is 2.34. The Morgan fingerprint density at radius 2 is 2.42 bits per heavy atom. The van der Waals surface area contributed by atoms with Crippen LogP contribution < -0.4 is 0 Å². The van der Waals surface area contributed by atoms with Crippen molar-refractivity contribution in [2.75, 3.05) is 26.7 Å². The Kier molecular flexibility index (Phi) is 5.20. The van der Waals surface area contributed by atoms with Crippen molar-refractivity contribution in [1.82, 2.24) is 4.90 Å². The van der Waals surface area contributed by atoms with Crippen LogP contribution >= 0.6 is 12.4 Å². The number of hydrogen-bond donors (Lipinski definition) is 1. The van der Waals surface area contributed by atoms with E-state index in [0.29, 0.717) is 0 Å². The third-order valence-electron chi connectivity index (χ3n) is 1.92. The van der Waals surface area contributed by atoms with Crippen LogP contribution in [-0.2, 0) is 9.53 Å². The first-order valence-electron chi connectivity index (χ1n) is 3.69. The first-order valence-corrected chi connectivity index (χ1v) is 3.69. The van der Waals surface area contributed by atoms with Crippen LogP contribution in [0, 0.1) is 0 Å². The smallest absolute Gasteiger partial charge is 0.317 e. The number of carbonyl (C=O) groups is 1. The van der Waals surface area contributed by atoms with Crippen molar-refractivity contribution >= 4 is 18.4 Å². The lowest BCUT2D eigenvalue weighted by atomic mass is 10.3. The van der Waals surface area contributed by atoms with Gasteiger partial charge in [0.05, 0.1) is 12.6 Å². The molecule has 1 heterocycles. The standard InChI is InChI=1S/C7H13NO3.ClH/c1-11-6-2-3-8(4-6)5-7(9)10;/h6H,2-5H2,1H3,(H,9,10);1H/t6-;/m0./s1. The molecule has 0 aromatic rings. The summed E-state index contributed by atoms with van der Waals surface area (Å²) >= 11 is 0. The summed E-state index contributed by atoms with van der Waals surface area (Å²) in [6, 6.07) is 0. The van der Waals surface area contributed by atoms with E-state index in [1.165, 1.54) is 0 Å². The minimum Gasteiger partial charge on any atom is -0.480 e. The summed E-state index contributed by atoms with van der Waals surface area (Å²) in [5, 5.41) is 8.45. The van der Waals surface area contributed by atoms with Gasteiger partial charge in [-0.15, -0.1) is 12.4 Å². The van der Waals surface area contributed by atoms with Crippen molar-refractivity contribution in [3.8, 4) is 0 Å². The summed E-state index contributed by atoms with van der Waals surface area (Å²) in [5.41, 5.74) is 0. The van der Waals surface area contributed by atoms with Gasteiger partial charge in [0.25, 0.3) is 0 Å². The molecule has 72 valence electrons. The largest absolute Gasteiger partial charge is 0.480 e. The van der Waals surface area contributed by atoms with Gasteiger partial charge in [-0.05, 0) is 6.42 Å². The van der Waals surface area contributed by atoms with Crippen LogP contribution in [0.4, 0.5) is 0 Å². The van der Waals surface area contributed by atoms with Gasteiger partial charge in [0, 0.05) is 20.2 Å². The van der Waals surface area contributed by atoms with E-state index < -0.39 is 5.97 Å². The van der Waals surface area contributed by atoms with Crippen molar-refractivity contribution in [2.45, 2.75) is 12.5 Å². The third-order valence-corrected chi connectivity index (χ3v) is 1.92. The zero-order chi connectivity index (χ0) is 8.27. The van der Waals surface area contributed by atoms with E-state index in [-0.39, 0.29) is 25.1 Å². The Morgan fingerprint density at radius 1 is 1.75 bits per heavy atom. The maximum Gasteiger partial charge on any atom is 0.317 e. The second-order valence-electron chi connectivity index (χ2n) is 2.78. The number of rotatable bonds is 3. The second kappa shape index (κ2) is 5.35. The Balaban J connectivity index is 0.00000121. The minimum absolute atomic E-state index is 0. The fourth-order valence-corrected chi connectivity index (χ4v) is 1.32. The van der Waals surface area contributed by atoms with Crippen LogP contribution in [-0.4, -0.2) is 48.8 Å². The van der Waals surface area contributed by atoms with Crippen LogP contribution in [0.5, 0.6) is 0 Å². The lowest BCUT2D eigenvalue weighted by molar-refractivity contribution is -0.138. The first-order chi connectivity index (χ1) is 5.22. The molecule has 1 atom stereocenters. The molecule has 1 aliphatic heterocycles. The maximum atomic E-state index is 10.3. The van der Waals surface area contributed by atoms with E-state index in [0.717, 1.165) is 19.5 Å². The Bertz CT molecular complexity index is 154. The summed E-state index contributed by atoms with van der Waals surface area (Å²) < 4.78 is 5.09. The number of ether oxygens (including phenoxy) is 1. The Hall–Kier alpha value is -0.320. The second-order valence-corrected chi connectivity index (χ2v) is 2.78. The molecule has 1 aliphatic rings. The molecule has 0 radical (unpaired) electrons. The predicted molar refractivity (Wildman–Crippen MR) is 46.7 cm³/mol. The number of carboxylic acid groups (broad SMARTS) is 1. The molecule has 4 nitrogen and oxygen atoms in total. The molecular weight excluding hydrogens is 182 g/mol. The number of likely N-dealkylation sites (tertiary alicyclic amines) is 1. The molecule has 0 aromatic carbocycles. The zero-order valence-electron chi connectivity index (χ0n) is 7.02. The average molecular weight is 196 g/mol. The summed E-state index contributed by atoms with van der Waals surface area (Å²) in [4.78, 5) is 12.2. The molecule has 1 fully saturated rings. The highest BCUT2D eigenvalue weighted by atomic mass is 35.5.